The number of allylic oxidation sites excluding steroid dienone is 1. The van der Waals surface area contributed by atoms with Gasteiger partial charge in [-0.3, -0.25) is 4.99 Å². The van der Waals surface area contributed by atoms with Gasteiger partial charge in [-0.2, -0.15) is 0 Å². The van der Waals surface area contributed by atoms with Crippen LogP contribution in [0.25, 0.3) is 0 Å². The van der Waals surface area contributed by atoms with Gasteiger partial charge in [-0.05, 0) is 33.8 Å². The number of carbonyl (C=O) groups is 2. The Morgan fingerprint density at radius 2 is 1.88 bits per heavy atom. The Bertz CT molecular complexity index is 768. The number of nitrogens with zero attached hydrogens (tertiary/aromatic N) is 1. The predicted octanol–water partition coefficient (Wildman–Crippen LogP) is 5.31. The number of aliphatic hydroxyl groups excluding tert-OH is 1. The van der Waals surface area contributed by atoms with E-state index in [1.165, 1.54) is 13.0 Å². The number of carbonyl (C=O) groups excluding carboxylic acids is 2. The summed E-state index contributed by atoms with van der Waals surface area (Å²) in [7, 11) is 0. The van der Waals surface area contributed by atoms with E-state index in [0.717, 1.165) is 6.21 Å². The van der Waals surface area contributed by atoms with Crippen LogP contribution in [0.2, 0.25) is 15.1 Å². The number of halogens is 3. The maximum absolute atomic E-state index is 12.2. The van der Waals surface area contributed by atoms with E-state index in [-0.39, 0.29) is 44.3 Å². The highest BCUT2D eigenvalue weighted by atomic mass is 35.5. The number of hydrogen-bond acceptors (Lipinski definition) is 6. The molecule has 0 aliphatic rings. The predicted molar refractivity (Wildman–Crippen MR) is 102 cm³/mol. The van der Waals surface area contributed by atoms with Gasteiger partial charge in [0.15, 0.2) is 0 Å². The van der Waals surface area contributed by atoms with E-state index in [1.807, 2.05) is 0 Å². The maximum Gasteiger partial charge on any atom is 0.343 e. The van der Waals surface area contributed by atoms with Crippen molar-refractivity contribution in [1.82, 2.24) is 0 Å². The van der Waals surface area contributed by atoms with Crippen LogP contribution in [0.3, 0.4) is 0 Å². The highest BCUT2D eigenvalue weighted by Crippen LogP contribution is 2.39. The molecule has 1 aromatic carbocycles. The van der Waals surface area contributed by atoms with Gasteiger partial charge in [-0.25, -0.2) is 9.59 Å². The molecule has 0 fully saturated rings. The first-order valence-electron chi connectivity index (χ1n) is 7.59. The van der Waals surface area contributed by atoms with Gasteiger partial charge in [0.2, 0.25) is 0 Å². The van der Waals surface area contributed by atoms with Crippen molar-refractivity contribution in [3.05, 3.63) is 38.0 Å². The smallest absolute Gasteiger partial charge is 0.343 e. The summed E-state index contributed by atoms with van der Waals surface area (Å²) < 4.78 is 9.93. The van der Waals surface area contributed by atoms with Crippen LogP contribution < -0.4 is 0 Å². The minimum atomic E-state index is -0.758. The third-order valence-corrected chi connectivity index (χ3v) is 4.07. The number of esters is 2. The lowest BCUT2D eigenvalue weighted by atomic mass is 10.2. The van der Waals surface area contributed by atoms with Crippen molar-refractivity contribution in [1.29, 1.82) is 0 Å². The molecule has 0 aliphatic heterocycles. The SMILES string of the molecule is CCOC(=O)C(C=Nc1cc(Cl)c(Cl)c(C(=O)OC(C)C)c1Cl)=C(C)O. The van der Waals surface area contributed by atoms with E-state index in [4.69, 9.17) is 44.3 Å². The fourth-order valence-corrected chi connectivity index (χ4v) is 2.52. The molecule has 0 spiro atoms. The van der Waals surface area contributed by atoms with Gasteiger partial charge < -0.3 is 14.6 Å². The van der Waals surface area contributed by atoms with Crippen LogP contribution in [0.15, 0.2) is 22.4 Å². The molecule has 6 nitrogen and oxygen atoms in total. The highest BCUT2D eigenvalue weighted by molar-refractivity contribution is 6.47. The van der Waals surface area contributed by atoms with E-state index in [0.29, 0.717) is 0 Å². The molecule has 0 heterocycles. The first kappa shape index (κ1) is 22.3. The number of hydrogen-bond donors (Lipinski definition) is 1. The fraction of sp³-hybridized carbons (Fsp3) is 0.353. The third kappa shape index (κ3) is 5.62. The van der Waals surface area contributed by atoms with Gasteiger partial charge in [-0.1, -0.05) is 34.8 Å². The van der Waals surface area contributed by atoms with E-state index < -0.39 is 18.0 Å². The van der Waals surface area contributed by atoms with Crippen molar-refractivity contribution in [2.24, 2.45) is 4.99 Å². The molecular formula is C17H18Cl3NO5. The second kappa shape index (κ2) is 9.80. The van der Waals surface area contributed by atoms with Crippen LogP contribution in [-0.2, 0) is 14.3 Å². The Hall–Kier alpha value is -1.76. The summed E-state index contributed by atoms with van der Waals surface area (Å²) in [5.74, 6) is -1.80. The molecule has 142 valence electrons. The molecule has 1 N–H and O–H groups in total. The second-order valence-electron chi connectivity index (χ2n) is 5.31. The van der Waals surface area contributed by atoms with Crippen LogP contribution in [0.1, 0.15) is 38.1 Å². The van der Waals surface area contributed by atoms with Gasteiger partial charge in [0, 0.05) is 6.21 Å². The Labute approximate surface area is 166 Å². The van der Waals surface area contributed by atoms with Crippen molar-refractivity contribution in [3.63, 3.8) is 0 Å². The summed E-state index contributed by atoms with van der Waals surface area (Å²) in [6, 6.07) is 1.32. The van der Waals surface area contributed by atoms with Crippen LogP contribution in [-0.4, -0.2) is 36.0 Å². The van der Waals surface area contributed by atoms with E-state index in [1.54, 1.807) is 20.8 Å². The number of aliphatic hydroxyl groups is 1. The molecule has 0 aliphatic carbocycles. The summed E-state index contributed by atoms with van der Waals surface area (Å²) in [5.41, 5.74) is -0.232. The zero-order valence-electron chi connectivity index (χ0n) is 14.6. The third-order valence-electron chi connectivity index (χ3n) is 2.90. The number of benzene rings is 1. The Kier molecular flexibility index (Phi) is 8.40. The first-order valence-corrected chi connectivity index (χ1v) is 8.72. The number of aliphatic imine (C=N–C) groups is 1. The molecule has 0 aromatic heterocycles. The minimum absolute atomic E-state index is 0.0290. The molecule has 0 saturated carbocycles. The summed E-state index contributed by atoms with van der Waals surface area (Å²) in [6.45, 7) is 6.40. The van der Waals surface area contributed by atoms with Crippen molar-refractivity contribution in [3.8, 4) is 0 Å². The van der Waals surface area contributed by atoms with Gasteiger partial charge >= 0.3 is 11.9 Å². The average Bonchev–Trinajstić information content (AvgIpc) is 2.51. The molecule has 1 rings (SSSR count). The Morgan fingerprint density at radius 3 is 2.38 bits per heavy atom. The van der Waals surface area contributed by atoms with Gasteiger partial charge in [0.05, 0.1) is 33.5 Å². The summed E-state index contributed by atoms with van der Waals surface area (Å²) in [6.07, 6.45) is 0.673. The second-order valence-corrected chi connectivity index (χ2v) is 6.48. The first-order chi connectivity index (χ1) is 12.1. The maximum atomic E-state index is 12.2. The van der Waals surface area contributed by atoms with Crippen molar-refractivity contribution in [2.45, 2.75) is 33.8 Å². The lowest BCUT2D eigenvalue weighted by Gasteiger charge is -2.13. The monoisotopic (exact) mass is 421 g/mol. The van der Waals surface area contributed by atoms with Crippen molar-refractivity contribution >= 4 is 58.6 Å². The van der Waals surface area contributed by atoms with Crippen LogP contribution in [0.4, 0.5) is 5.69 Å². The summed E-state index contributed by atoms with van der Waals surface area (Å²) in [5, 5.41) is 9.49. The highest BCUT2D eigenvalue weighted by Gasteiger charge is 2.23. The van der Waals surface area contributed by atoms with Gasteiger partial charge in [0.1, 0.15) is 16.9 Å². The zero-order chi connectivity index (χ0) is 20.0. The molecular weight excluding hydrogens is 405 g/mol. The average molecular weight is 423 g/mol. The molecule has 0 amide bonds. The molecule has 26 heavy (non-hydrogen) atoms. The van der Waals surface area contributed by atoms with E-state index >= 15 is 0 Å². The fourth-order valence-electron chi connectivity index (χ4n) is 1.77. The summed E-state index contributed by atoms with van der Waals surface area (Å²) >= 11 is 18.3. The Balaban J connectivity index is 3.38. The molecule has 0 bridgehead atoms. The molecule has 0 unspecified atom stereocenters. The summed E-state index contributed by atoms with van der Waals surface area (Å²) in [4.78, 5) is 28.1. The van der Waals surface area contributed by atoms with Crippen molar-refractivity contribution < 1.29 is 24.2 Å². The molecule has 0 saturated heterocycles. The molecule has 1 aromatic rings. The zero-order valence-corrected chi connectivity index (χ0v) is 16.9. The van der Waals surface area contributed by atoms with Gasteiger partial charge in [-0.15, -0.1) is 0 Å². The van der Waals surface area contributed by atoms with Crippen LogP contribution in [0, 0.1) is 0 Å². The normalized spacial score (nSPS) is 12.3. The van der Waals surface area contributed by atoms with E-state index in [2.05, 4.69) is 4.99 Å². The molecule has 9 heteroatoms. The molecule has 0 atom stereocenters. The largest absolute Gasteiger partial charge is 0.512 e. The van der Waals surface area contributed by atoms with Crippen LogP contribution in [0.5, 0.6) is 0 Å². The van der Waals surface area contributed by atoms with Crippen molar-refractivity contribution in [2.75, 3.05) is 6.61 Å². The number of ether oxygens (including phenoxy) is 2. The lowest BCUT2D eigenvalue weighted by Crippen LogP contribution is -2.13. The topological polar surface area (TPSA) is 85.2 Å². The van der Waals surface area contributed by atoms with E-state index in [9.17, 15) is 14.7 Å². The lowest BCUT2D eigenvalue weighted by molar-refractivity contribution is -0.138. The van der Waals surface area contributed by atoms with Crippen LogP contribution >= 0.6 is 34.8 Å². The minimum Gasteiger partial charge on any atom is -0.512 e. The van der Waals surface area contributed by atoms with Gasteiger partial charge in [0.25, 0.3) is 0 Å². The Morgan fingerprint density at radius 1 is 1.27 bits per heavy atom. The number of rotatable bonds is 6. The quantitative estimate of drug-likeness (QED) is 0.221. The standard InChI is InChI=1S/C17H18Cl3NO5/c1-5-25-16(23)10(9(4)22)7-21-12-6-11(18)14(19)13(15(12)20)17(24)26-8(2)3/h6-8,22H,5H2,1-4H3. The molecule has 0 radical (unpaired) electrons.